The Bertz CT molecular complexity index is 322. The molecule has 0 aromatic heterocycles. The lowest BCUT2D eigenvalue weighted by molar-refractivity contribution is -0.121. The van der Waals surface area contributed by atoms with Gasteiger partial charge in [0.05, 0.1) is 18.4 Å². The first-order chi connectivity index (χ1) is 7.73. The molecule has 2 rings (SSSR count). The van der Waals surface area contributed by atoms with Crippen LogP contribution >= 0.6 is 0 Å². The fourth-order valence-corrected chi connectivity index (χ4v) is 2.62. The normalized spacial score (nSPS) is 33.2. The predicted molar refractivity (Wildman–Crippen MR) is 62.7 cm³/mol. The van der Waals surface area contributed by atoms with Gasteiger partial charge in [-0.15, -0.1) is 0 Å². The van der Waals surface area contributed by atoms with E-state index < -0.39 is 0 Å². The number of amides is 1. The topological polar surface area (TPSA) is 38.3 Å². The van der Waals surface area contributed by atoms with Gasteiger partial charge in [0.2, 0.25) is 5.91 Å². The second-order valence-corrected chi connectivity index (χ2v) is 4.61. The van der Waals surface area contributed by atoms with E-state index in [9.17, 15) is 4.79 Å². The Kier molecular flexibility index (Phi) is 3.32. The molecule has 3 nitrogen and oxygen atoms in total. The molecular formula is C13H19NO2. The molecule has 1 heterocycles. The molecule has 1 aliphatic heterocycles. The van der Waals surface area contributed by atoms with Crippen molar-refractivity contribution >= 4 is 5.91 Å². The Labute approximate surface area is 96.6 Å². The van der Waals surface area contributed by atoms with Crippen LogP contribution in [0.5, 0.6) is 0 Å². The Morgan fingerprint density at radius 3 is 3.00 bits per heavy atom. The maximum atomic E-state index is 11.3. The highest BCUT2D eigenvalue weighted by atomic mass is 16.5. The van der Waals surface area contributed by atoms with Gasteiger partial charge < -0.3 is 10.1 Å². The number of carbonyl (C=O) groups excluding carboxylic acids is 1. The molecule has 2 aliphatic rings. The van der Waals surface area contributed by atoms with Gasteiger partial charge in [0.15, 0.2) is 0 Å². The van der Waals surface area contributed by atoms with Crippen molar-refractivity contribution in [1.29, 1.82) is 0 Å². The molecule has 2 atom stereocenters. The highest BCUT2D eigenvalue weighted by Gasteiger charge is 2.37. The van der Waals surface area contributed by atoms with E-state index in [-0.39, 0.29) is 11.4 Å². The van der Waals surface area contributed by atoms with Crippen molar-refractivity contribution < 1.29 is 9.53 Å². The van der Waals surface area contributed by atoms with Crippen LogP contribution in [0.3, 0.4) is 0 Å². The summed E-state index contributed by atoms with van der Waals surface area (Å²) in [5, 5.41) is 3.11. The highest BCUT2D eigenvalue weighted by molar-refractivity contribution is 5.74. The molecule has 88 valence electrons. The van der Waals surface area contributed by atoms with Crippen molar-refractivity contribution in [1.82, 2.24) is 5.32 Å². The van der Waals surface area contributed by atoms with Crippen molar-refractivity contribution in [2.75, 3.05) is 6.61 Å². The van der Waals surface area contributed by atoms with E-state index in [1.54, 1.807) is 13.2 Å². The largest absolute Gasteiger partial charge is 0.501 e. The molecule has 1 amide bonds. The molecule has 0 bridgehead atoms. The van der Waals surface area contributed by atoms with Gasteiger partial charge in [0.25, 0.3) is 0 Å². The number of carbonyl (C=O) groups is 1. The summed E-state index contributed by atoms with van der Waals surface area (Å²) in [6.07, 6.45) is 12.6. The quantitative estimate of drug-likeness (QED) is 0.726. The van der Waals surface area contributed by atoms with E-state index in [0.29, 0.717) is 12.5 Å². The summed E-state index contributed by atoms with van der Waals surface area (Å²) in [5.41, 5.74) is -0.221. The molecule has 0 fully saturated rings. The molecule has 0 unspecified atom stereocenters. The Morgan fingerprint density at radius 1 is 1.56 bits per heavy atom. The van der Waals surface area contributed by atoms with Crippen molar-refractivity contribution in [2.45, 2.75) is 38.1 Å². The van der Waals surface area contributed by atoms with E-state index in [1.165, 1.54) is 6.42 Å². The zero-order valence-corrected chi connectivity index (χ0v) is 9.74. The molecule has 0 saturated heterocycles. The maximum Gasteiger partial charge on any atom is 0.217 e. The van der Waals surface area contributed by atoms with Crippen LogP contribution in [-0.2, 0) is 9.53 Å². The van der Waals surface area contributed by atoms with Crippen molar-refractivity contribution in [3.63, 3.8) is 0 Å². The molecule has 0 aromatic carbocycles. The van der Waals surface area contributed by atoms with Crippen LogP contribution < -0.4 is 5.32 Å². The molecule has 1 aliphatic carbocycles. The average molecular weight is 221 g/mol. The smallest absolute Gasteiger partial charge is 0.217 e. The summed E-state index contributed by atoms with van der Waals surface area (Å²) < 4.78 is 5.24. The van der Waals surface area contributed by atoms with Gasteiger partial charge >= 0.3 is 0 Å². The minimum absolute atomic E-state index is 0.0329. The molecule has 0 saturated carbocycles. The molecule has 1 N–H and O–H groups in total. The summed E-state index contributed by atoms with van der Waals surface area (Å²) in [6, 6.07) is 0. The van der Waals surface area contributed by atoms with E-state index in [1.807, 2.05) is 6.08 Å². The molecule has 3 heteroatoms. The summed E-state index contributed by atoms with van der Waals surface area (Å²) in [7, 11) is 0. The summed E-state index contributed by atoms with van der Waals surface area (Å²) >= 11 is 0. The van der Waals surface area contributed by atoms with Gasteiger partial charge in [-0.1, -0.05) is 12.2 Å². The number of ether oxygens (including phenoxy) is 1. The monoisotopic (exact) mass is 221 g/mol. The van der Waals surface area contributed by atoms with Crippen LogP contribution in [0.15, 0.2) is 24.5 Å². The number of nitrogens with one attached hydrogen (secondary N) is 1. The lowest BCUT2D eigenvalue weighted by Crippen LogP contribution is -2.53. The Balaban J connectivity index is 2.21. The maximum absolute atomic E-state index is 11.3. The van der Waals surface area contributed by atoms with Gasteiger partial charge in [0, 0.05) is 19.3 Å². The van der Waals surface area contributed by atoms with Gasteiger partial charge in [-0.05, 0) is 25.3 Å². The number of allylic oxidation sites excluding steroid dienone is 1. The van der Waals surface area contributed by atoms with E-state index in [2.05, 4.69) is 17.5 Å². The zero-order valence-electron chi connectivity index (χ0n) is 9.74. The summed E-state index contributed by atoms with van der Waals surface area (Å²) in [6.45, 7) is 2.26. The SMILES string of the molecule is CC(=O)N[C@]1([C@@H]2C=CCCC2)C=COCC1. The molecule has 0 radical (unpaired) electrons. The molecule has 0 aromatic rings. The fourth-order valence-electron chi connectivity index (χ4n) is 2.62. The predicted octanol–water partition coefficient (Wildman–Crippen LogP) is 2.15. The van der Waals surface area contributed by atoms with Crippen molar-refractivity contribution in [2.24, 2.45) is 5.92 Å². The first kappa shape index (κ1) is 11.2. The van der Waals surface area contributed by atoms with Crippen molar-refractivity contribution in [3.8, 4) is 0 Å². The van der Waals surface area contributed by atoms with Gasteiger partial charge in [-0.25, -0.2) is 0 Å². The minimum atomic E-state index is -0.221. The zero-order chi connectivity index (χ0) is 11.4. The lowest BCUT2D eigenvalue weighted by atomic mass is 9.75. The van der Waals surface area contributed by atoms with Crippen LogP contribution in [0.1, 0.15) is 32.6 Å². The third kappa shape index (κ3) is 2.29. The fraction of sp³-hybridized carbons (Fsp3) is 0.615. The van der Waals surface area contributed by atoms with E-state index >= 15 is 0 Å². The standard InChI is InChI=1S/C13H19NO2/c1-11(15)14-13(7-9-16-10-8-13)12-5-3-2-4-6-12/h3,5,7,9,12H,2,4,6,8,10H2,1H3,(H,14,15)/t12-,13-/m1/s1. The van der Waals surface area contributed by atoms with Gasteiger partial charge in [-0.2, -0.15) is 0 Å². The second kappa shape index (κ2) is 4.73. The average Bonchev–Trinajstić information content (AvgIpc) is 2.30. The van der Waals surface area contributed by atoms with Crippen molar-refractivity contribution in [3.05, 3.63) is 24.5 Å². The highest BCUT2D eigenvalue weighted by Crippen LogP contribution is 2.33. The first-order valence-electron chi connectivity index (χ1n) is 5.98. The summed E-state index contributed by atoms with van der Waals surface area (Å²) in [4.78, 5) is 11.3. The van der Waals surface area contributed by atoms with Gasteiger partial charge in [-0.3, -0.25) is 4.79 Å². The Morgan fingerprint density at radius 2 is 2.44 bits per heavy atom. The van der Waals surface area contributed by atoms with Crippen LogP contribution in [0, 0.1) is 5.92 Å². The lowest BCUT2D eigenvalue weighted by Gasteiger charge is -2.40. The van der Waals surface area contributed by atoms with Crippen LogP contribution in [0.2, 0.25) is 0 Å². The second-order valence-electron chi connectivity index (χ2n) is 4.61. The number of hydrogen-bond donors (Lipinski definition) is 1. The minimum Gasteiger partial charge on any atom is -0.501 e. The Hall–Kier alpha value is -1.25. The molecular weight excluding hydrogens is 202 g/mol. The molecule has 0 spiro atoms. The molecule has 16 heavy (non-hydrogen) atoms. The van der Waals surface area contributed by atoms with E-state index in [0.717, 1.165) is 19.3 Å². The number of hydrogen-bond acceptors (Lipinski definition) is 2. The van der Waals surface area contributed by atoms with Gasteiger partial charge in [0.1, 0.15) is 0 Å². The number of rotatable bonds is 2. The third-order valence-corrected chi connectivity index (χ3v) is 3.42. The van der Waals surface area contributed by atoms with E-state index in [4.69, 9.17) is 4.74 Å². The first-order valence-corrected chi connectivity index (χ1v) is 5.98. The summed E-state index contributed by atoms with van der Waals surface area (Å²) in [5.74, 6) is 0.441. The van der Waals surface area contributed by atoms with Crippen LogP contribution in [0.4, 0.5) is 0 Å². The van der Waals surface area contributed by atoms with Crippen LogP contribution in [-0.4, -0.2) is 18.1 Å². The van der Waals surface area contributed by atoms with Crippen LogP contribution in [0.25, 0.3) is 0 Å². The third-order valence-electron chi connectivity index (χ3n) is 3.42.